The van der Waals surface area contributed by atoms with Crippen LogP contribution in [0.1, 0.15) is 5.76 Å². The number of para-hydroxylation sites is 1. The maximum Gasteiger partial charge on any atom is 0.246 e. The Balaban J connectivity index is 1.73. The van der Waals surface area contributed by atoms with Crippen molar-refractivity contribution in [1.82, 2.24) is 10.3 Å². The maximum atomic E-state index is 11.3. The number of carbonyl (C=O) groups is 1. The van der Waals surface area contributed by atoms with E-state index < -0.39 is 0 Å². The normalized spacial score (nSPS) is 10.9. The Bertz CT molecular complexity index is 730. The van der Waals surface area contributed by atoms with Crippen molar-refractivity contribution in [3.63, 3.8) is 0 Å². The number of hydrogen-bond acceptors (Lipinski definition) is 5. The van der Waals surface area contributed by atoms with Gasteiger partial charge in [0.1, 0.15) is 12.4 Å². The number of rotatable bonds is 5. The highest BCUT2D eigenvalue weighted by Gasteiger charge is 2.10. The van der Waals surface area contributed by atoms with Crippen LogP contribution in [0.15, 0.2) is 40.8 Å². The van der Waals surface area contributed by atoms with Crippen LogP contribution in [0, 0.1) is 0 Å². The first kappa shape index (κ1) is 13.8. The van der Waals surface area contributed by atoms with Crippen LogP contribution in [0.25, 0.3) is 21.0 Å². The quantitative estimate of drug-likeness (QED) is 0.787. The predicted molar refractivity (Wildman–Crippen MR) is 81.0 cm³/mol. The molecular formula is C15H14N2O3S. The molecule has 1 amide bonds. The molecule has 5 nitrogen and oxygen atoms in total. The Morgan fingerprint density at radius 1 is 1.33 bits per heavy atom. The van der Waals surface area contributed by atoms with Crippen molar-refractivity contribution < 1.29 is 13.9 Å². The van der Waals surface area contributed by atoms with Gasteiger partial charge in [-0.3, -0.25) is 4.79 Å². The Morgan fingerprint density at radius 2 is 2.19 bits per heavy atom. The van der Waals surface area contributed by atoms with Gasteiger partial charge in [-0.1, -0.05) is 12.1 Å². The van der Waals surface area contributed by atoms with E-state index in [0.29, 0.717) is 18.1 Å². The number of methoxy groups -OCH3 is 1. The van der Waals surface area contributed by atoms with E-state index in [2.05, 4.69) is 10.3 Å². The second kappa shape index (κ2) is 6.07. The largest absolute Gasteiger partial charge is 0.457 e. The zero-order valence-electron chi connectivity index (χ0n) is 11.5. The van der Waals surface area contributed by atoms with Crippen molar-refractivity contribution in [3.05, 3.63) is 42.2 Å². The van der Waals surface area contributed by atoms with Crippen molar-refractivity contribution in [1.29, 1.82) is 0 Å². The minimum absolute atomic E-state index is 0.0471. The average Bonchev–Trinajstić information content (AvgIpc) is 3.11. The molecule has 1 N–H and O–H groups in total. The minimum Gasteiger partial charge on any atom is -0.457 e. The Morgan fingerprint density at radius 3 is 3.00 bits per heavy atom. The lowest BCUT2D eigenvalue weighted by atomic mass is 10.3. The van der Waals surface area contributed by atoms with Crippen molar-refractivity contribution in [3.8, 4) is 10.8 Å². The first-order valence-electron chi connectivity index (χ1n) is 6.46. The molecule has 0 aliphatic rings. The molecule has 2 heterocycles. The van der Waals surface area contributed by atoms with Crippen LogP contribution < -0.4 is 5.32 Å². The lowest BCUT2D eigenvalue weighted by Crippen LogP contribution is -2.26. The van der Waals surface area contributed by atoms with Gasteiger partial charge in [0.15, 0.2) is 10.8 Å². The zero-order chi connectivity index (χ0) is 14.7. The number of carbonyl (C=O) groups excluding carboxylic acids is 1. The third-order valence-corrected chi connectivity index (χ3v) is 3.95. The van der Waals surface area contributed by atoms with E-state index in [1.807, 2.05) is 36.4 Å². The number of nitrogens with zero attached hydrogens (tertiary/aromatic N) is 1. The number of furan rings is 1. The lowest BCUT2D eigenvalue weighted by molar-refractivity contribution is -0.124. The van der Waals surface area contributed by atoms with E-state index in [0.717, 1.165) is 15.2 Å². The van der Waals surface area contributed by atoms with Gasteiger partial charge in [0, 0.05) is 7.11 Å². The van der Waals surface area contributed by atoms with Crippen LogP contribution in [0.5, 0.6) is 0 Å². The van der Waals surface area contributed by atoms with Crippen LogP contribution in [0.2, 0.25) is 0 Å². The molecule has 0 spiro atoms. The standard InChI is InChI=1S/C15H14N2O3S/c1-19-9-14(18)16-8-10-6-7-12(20-10)15-17-11-4-2-3-5-13(11)21-15/h2-7H,8-9H2,1H3,(H,16,18). The molecular weight excluding hydrogens is 288 g/mol. The number of amides is 1. The molecule has 0 aliphatic carbocycles. The summed E-state index contributed by atoms with van der Waals surface area (Å²) in [7, 11) is 1.48. The van der Waals surface area contributed by atoms with Gasteiger partial charge in [0.05, 0.1) is 16.8 Å². The number of thiazole rings is 1. The lowest BCUT2D eigenvalue weighted by Gasteiger charge is -2.01. The molecule has 0 atom stereocenters. The van der Waals surface area contributed by atoms with Crippen molar-refractivity contribution >= 4 is 27.5 Å². The van der Waals surface area contributed by atoms with Gasteiger partial charge in [-0.15, -0.1) is 11.3 Å². The molecule has 1 aromatic carbocycles. The zero-order valence-corrected chi connectivity index (χ0v) is 12.3. The molecule has 2 aromatic heterocycles. The summed E-state index contributed by atoms with van der Waals surface area (Å²) in [5.74, 6) is 1.23. The number of hydrogen-bond donors (Lipinski definition) is 1. The molecule has 21 heavy (non-hydrogen) atoms. The van der Waals surface area contributed by atoms with E-state index in [1.165, 1.54) is 7.11 Å². The molecule has 0 aliphatic heterocycles. The Hall–Kier alpha value is -2.18. The molecule has 108 valence electrons. The SMILES string of the molecule is COCC(=O)NCc1ccc(-c2nc3ccccc3s2)o1. The number of ether oxygens (including phenoxy) is 1. The summed E-state index contributed by atoms with van der Waals surface area (Å²) >= 11 is 1.58. The maximum absolute atomic E-state index is 11.3. The molecule has 3 aromatic rings. The van der Waals surface area contributed by atoms with E-state index in [9.17, 15) is 4.79 Å². The van der Waals surface area contributed by atoms with E-state index in [-0.39, 0.29) is 12.5 Å². The van der Waals surface area contributed by atoms with Crippen LogP contribution in [-0.4, -0.2) is 24.6 Å². The van der Waals surface area contributed by atoms with Gasteiger partial charge in [-0.2, -0.15) is 0 Å². The van der Waals surface area contributed by atoms with Gasteiger partial charge in [0.2, 0.25) is 5.91 Å². The van der Waals surface area contributed by atoms with Gasteiger partial charge in [-0.05, 0) is 24.3 Å². The Kier molecular flexibility index (Phi) is 3.98. The molecule has 0 unspecified atom stereocenters. The van der Waals surface area contributed by atoms with Crippen LogP contribution in [0.4, 0.5) is 0 Å². The molecule has 0 bridgehead atoms. The van der Waals surface area contributed by atoms with Gasteiger partial charge < -0.3 is 14.5 Å². The summed E-state index contributed by atoms with van der Waals surface area (Å²) in [5, 5.41) is 3.56. The second-order valence-electron chi connectivity index (χ2n) is 4.46. The molecule has 0 fully saturated rings. The van der Waals surface area contributed by atoms with E-state index in [1.54, 1.807) is 11.3 Å². The van der Waals surface area contributed by atoms with Crippen LogP contribution >= 0.6 is 11.3 Å². The van der Waals surface area contributed by atoms with Crippen LogP contribution in [-0.2, 0) is 16.1 Å². The first-order valence-corrected chi connectivity index (χ1v) is 7.28. The highest BCUT2D eigenvalue weighted by molar-refractivity contribution is 7.21. The number of benzene rings is 1. The Labute approximate surface area is 125 Å². The van der Waals surface area contributed by atoms with Crippen molar-refractivity contribution in [2.75, 3.05) is 13.7 Å². The van der Waals surface area contributed by atoms with Crippen molar-refractivity contribution in [2.24, 2.45) is 0 Å². The fraction of sp³-hybridized carbons (Fsp3) is 0.200. The summed E-state index contributed by atoms with van der Waals surface area (Å²) in [6, 6.07) is 11.7. The molecule has 0 saturated heterocycles. The smallest absolute Gasteiger partial charge is 0.246 e. The summed E-state index contributed by atoms with van der Waals surface area (Å²) in [4.78, 5) is 15.9. The number of aromatic nitrogens is 1. The summed E-state index contributed by atoms with van der Waals surface area (Å²) in [6.07, 6.45) is 0. The fourth-order valence-electron chi connectivity index (χ4n) is 1.93. The van der Waals surface area contributed by atoms with Crippen molar-refractivity contribution in [2.45, 2.75) is 6.54 Å². The van der Waals surface area contributed by atoms with Gasteiger partial charge >= 0.3 is 0 Å². The third kappa shape index (κ3) is 3.12. The summed E-state index contributed by atoms with van der Waals surface area (Å²) in [6.45, 7) is 0.387. The number of nitrogens with one attached hydrogen (secondary N) is 1. The summed E-state index contributed by atoms with van der Waals surface area (Å²) < 4.78 is 11.6. The highest BCUT2D eigenvalue weighted by atomic mass is 32.1. The molecule has 0 saturated carbocycles. The summed E-state index contributed by atoms with van der Waals surface area (Å²) in [5.41, 5.74) is 0.962. The average molecular weight is 302 g/mol. The monoisotopic (exact) mass is 302 g/mol. The molecule has 3 rings (SSSR count). The topological polar surface area (TPSA) is 64.4 Å². The fourth-order valence-corrected chi connectivity index (χ4v) is 2.86. The number of fused-ring (bicyclic) bond motifs is 1. The van der Waals surface area contributed by atoms with Crippen LogP contribution in [0.3, 0.4) is 0 Å². The molecule has 0 radical (unpaired) electrons. The van der Waals surface area contributed by atoms with E-state index in [4.69, 9.17) is 9.15 Å². The second-order valence-corrected chi connectivity index (χ2v) is 5.49. The van der Waals surface area contributed by atoms with Gasteiger partial charge in [0.25, 0.3) is 0 Å². The predicted octanol–water partition coefficient (Wildman–Crippen LogP) is 2.82. The minimum atomic E-state index is -0.171. The third-order valence-electron chi connectivity index (χ3n) is 2.90. The highest BCUT2D eigenvalue weighted by Crippen LogP contribution is 2.30. The van der Waals surface area contributed by atoms with E-state index >= 15 is 0 Å². The van der Waals surface area contributed by atoms with Gasteiger partial charge in [-0.25, -0.2) is 4.98 Å². The molecule has 6 heteroatoms. The first-order chi connectivity index (χ1) is 10.3.